The first-order chi connectivity index (χ1) is 7.65. The third-order valence-corrected chi connectivity index (χ3v) is 2.34. The molecule has 0 radical (unpaired) electrons. The Morgan fingerprint density at radius 1 is 1.12 bits per heavy atom. The number of ether oxygens (including phenoxy) is 1. The molecule has 0 spiro atoms. The van der Waals surface area contributed by atoms with Crippen molar-refractivity contribution in [2.45, 2.75) is 0 Å². The lowest BCUT2D eigenvalue weighted by Gasteiger charge is -2.05. The lowest BCUT2D eigenvalue weighted by atomic mass is 10.3. The highest BCUT2D eigenvalue weighted by Crippen LogP contribution is 2.29. The van der Waals surface area contributed by atoms with E-state index in [9.17, 15) is 8.78 Å². The highest BCUT2D eigenvalue weighted by atomic mass is 79.9. The molecule has 0 fully saturated rings. The van der Waals surface area contributed by atoms with Gasteiger partial charge >= 0.3 is 0 Å². The monoisotopic (exact) mass is 286 g/mol. The van der Waals surface area contributed by atoms with Crippen LogP contribution in [0, 0.1) is 11.8 Å². The van der Waals surface area contributed by atoms with Crippen molar-refractivity contribution in [3.63, 3.8) is 0 Å². The topological polar surface area (TPSA) is 35.0 Å². The van der Waals surface area contributed by atoms with Gasteiger partial charge in [-0.2, -0.15) is 4.39 Å². The predicted molar refractivity (Wildman–Crippen MR) is 56.2 cm³/mol. The molecule has 0 bridgehead atoms. The van der Waals surface area contributed by atoms with Gasteiger partial charge in [-0.1, -0.05) is 0 Å². The Bertz CT molecular complexity index is 522. The second-order valence-corrected chi connectivity index (χ2v) is 3.71. The van der Waals surface area contributed by atoms with Crippen molar-refractivity contribution < 1.29 is 13.5 Å². The van der Waals surface area contributed by atoms with E-state index in [2.05, 4.69) is 25.9 Å². The van der Waals surface area contributed by atoms with Gasteiger partial charge in [-0.15, -0.1) is 0 Å². The fraction of sp³-hybridized carbons (Fsp3) is 0. The minimum atomic E-state index is -0.691. The fourth-order valence-electron chi connectivity index (χ4n) is 1.04. The summed E-state index contributed by atoms with van der Waals surface area (Å²) in [6.07, 6.45) is 1.04. The van der Waals surface area contributed by atoms with Gasteiger partial charge in [-0.05, 0) is 34.1 Å². The zero-order valence-corrected chi connectivity index (χ0v) is 9.41. The standard InChI is InChI=1S/C10H5BrF2N2O/c11-7-3-6(12)1-2-8(7)16-10-4-9(13)14-5-15-10/h1-5H. The average molecular weight is 287 g/mol. The SMILES string of the molecule is Fc1ccc(Oc2cc(F)ncn2)c(Br)c1. The molecule has 3 nitrogen and oxygen atoms in total. The van der Waals surface area contributed by atoms with Crippen molar-refractivity contribution >= 4 is 15.9 Å². The average Bonchev–Trinajstić information content (AvgIpc) is 2.22. The zero-order chi connectivity index (χ0) is 11.5. The molecule has 16 heavy (non-hydrogen) atoms. The Hall–Kier alpha value is -1.56. The normalized spacial score (nSPS) is 10.2. The molecule has 82 valence electrons. The summed E-state index contributed by atoms with van der Waals surface area (Å²) in [6.45, 7) is 0. The van der Waals surface area contributed by atoms with Crippen molar-refractivity contribution in [1.82, 2.24) is 9.97 Å². The van der Waals surface area contributed by atoms with Crippen molar-refractivity contribution in [3.05, 3.63) is 46.8 Å². The number of nitrogens with zero attached hydrogens (tertiary/aromatic N) is 2. The van der Waals surface area contributed by atoms with Gasteiger partial charge < -0.3 is 4.74 Å². The third-order valence-electron chi connectivity index (χ3n) is 1.72. The van der Waals surface area contributed by atoms with E-state index in [1.54, 1.807) is 0 Å². The molecule has 0 saturated carbocycles. The number of benzene rings is 1. The second kappa shape index (κ2) is 4.52. The summed E-state index contributed by atoms with van der Waals surface area (Å²) in [7, 11) is 0. The van der Waals surface area contributed by atoms with Crippen LogP contribution in [0.25, 0.3) is 0 Å². The van der Waals surface area contributed by atoms with Crippen LogP contribution in [0.3, 0.4) is 0 Å². The maximum absolute atomic E-state index is 12.8. The number of halogens is 3. The van der Waals surface area contributed by atoms with E-state index in [0.29, 0.717) is 10.2 Å². The summed E-state index contributed by atoms with van der Waals surface area (Å²) in [4.78, 5) is 7.00. The fourth-order valence-corrected chi connectivity index (χ4v) is 1.48. The lowest BCUT2D eigenvalue weighted by molar-refractivity contribution is 0.446. The Kier molecular flexibility index (Phi) is 3.09. The van der Waals surface area contributed by atoms with Gasteiger partial charge in [0.05, 0.1) is 10.5 Å². The Balaban J connectivity index is 2.27. The van der Waals surface area contributed by atoms with Gasteiger partial charge in [0.25, 0.3) is 0 Å². The van der Waals surface area contributed by atoms with Crippen molar-refractivity contribution in [3.8, 4) is 11.6 Å². The molecule has 1 aromatic carbocycles. The molecular formula is C10H5BrF2N2O. The highest BCUT2D eigenvalue weighted by Gasteiger charge is 2.05. The largest absolute Gasteiger partial charge is 0.438 e. The molecule has 0 N–H and O–H groups in total. The van der Waals surface area contributed by atoms with E-state index in [1.165, 1.54) is 18.2 Å². The molecule has 0 unspecified atom stereocenters. The first-order valence-electron chi connectivity index (χ1n) is 4.25. The summed E-state index contributed by atoms with van der Waals surface area (Å²) < 4.78 is 31.2. The van der Waals surface area contributed by atoms with Crippen LogP contribution in [0.15, 0.2) is 35.1 Å². The highest BCUT2D eigenvalue weighted by molar-refractivity contribution is 9.10. The summed E-state index contributed by atoms with van der Waals surface area (Å²) in [5, 5.41) is 0. The minimum Gasteiger partial charge on any atom is -0.438 e. The van der Waals surface area contributed by atoms with Crippen LogP contribution >= 0.6 is 15.9 Å². The van der Waals surface area contributed by atoms with Crippen molar-refractivity contribution in [1.29, 1.82) is 0 Å². The summed E-state index contributed by atoms with van der Waals surface area (Å²) in [5.74, 6) is -0.685. The first-order valence-corrected chi connectivity index (χ1v) is 5.05. The molecule has 2 rings (SSSR count). The van der Waals surface area contributed by atoms with E-state index >= 15 is 0 Å². The van der Waals surface area contributed by atoms with E-state index < -0.39 is 11.8 Å². The van der Waals surface area contributed by atoms with Crippen LogP contribution in [0.2, 0.25) is 0 Å². The van der Waals surface area contributed by atoms with Gasteiger partial charge in [-0.3, -0.25) is 0 Å². The van der Waals surface area contributed by atoms with Gasteiger partial charge in [-0.25, -0.2) is 14.4 Å². The van der Waals surface area contributed by atoms with E-state index in [0.717, 1.165) is 12.4 Å². The molecular weight excluding hydrogens is 282 g/mol. The Labute approximate surface area is 98.2 Å². The molecule has 0 aliphatic rings. The van der Waals surface area contributed by atoms with Crippen LogP contribution in [0.5, 0.6) is 11.6 Å². The molecule has 6 heteroatoms. The molecule has 2 aromatic rings. The summed E-state index contributed by atoms with van der Waals surface area (Å²) >= 11 is 3.12. The first kappa shape index (κ1) is 10.9. The molecule has 0 atom stereocenters. The molecule has 1 heterocycles. The van der Waals surface area contributed by atoms with Crippen LogP contribution < -0.4 is 4.74 Å². The maximum Gasteiger partial charge on any atom is 0.225 e. The number of rotatable bonds is 2. The molecule has 0 saturated heterocycles. The van der Waals surface area contributed by atoms with Crippen molar-refractivity contribution in [2.75, 3.05) is 0 Å². The molecule has 0 aliphatic heterocycles. The quantitative estimate of drug-likeness (QED) is 0.795. The zero-order valence-electron chi connectivity index (χ0n) is 7.82. The van der Waals surface area contributed by atoms with Crippen LogP contribution in [0.1, 0.15) is 0 Å². The maximum atomic E-state index is 12.8. The van der Waals surface area contributed by atoms with Gasteiger partial charge in [0.1, 0.15) is 17.9 Å². The minimum absolute atomic E-state index is 0.0554. The Morgan fingerprint density at radius 2 is 1.94 bits per heavy atom. The smallest absolute Gasteiger partial charge is 0.225 e. The number of hydrogen-bond acceptors (Lipinski definition) is 3. The van der Waals surface area contributed by atoms with Gasteiger partial charge in [0.2, 0.25) is 11.8 Å². The van der Waals surface area contributed by atoms with E-state index in [1.807, 2.05) is 0 Å². The van der Waals surface area contributed by atoms with Gasteiger partial charge in [0.15, 0.2) is 0 Å². The number of hydrogen-bond donors (Lipinski definition) is 0. The van der Waals surface area contributed by atoms with E-state index in [4.69, 9.17) is 4.74 Å². The summed E-state index contributed by atoms with van der Waals surface area (Å²) in [6, 6.07) is 4.93. The lowest BCUT2D eigenvalue weighted by Crippen LogP contribution is -1.92. The molecule has 0 aliphatic carbocycles. The predicted octanol–water partition coefficient (Wildman–Crippen LogP) is 3.31. The van der Waals surface area contributed by atoms with Crippen LogP contribution in [-0.2, 0) is 0 Å². The van der Waals surface area contributed by atoms with Gasteiger partial charge in [0, 0.05) is 0 Å². The molecule has 0 amide bonds. The van der Waals surface area contributed by atoms with Crippen LogP contribution in [0.4, 0.5) is 8.78 Å². The van der Waals surface area contributed by atoms with Crippen molar-refractivity contribution in [2.24, 2.45) is 0 Å². The van der Waals surface area contributed by atoms with Crippen LogP contribution in [-0.4, -0.2) is 9.97 Å². The Morgan fingerprint density at radius 3 is 2.62 bits per heavy atom. The van der Waals surface area contributed by atoms with E-state index in [-0.39, 0.29) is 5.88 Å². The molecule has 1 aromatic heterocycles. The third kappa shape index (κ3) is 2.52. The number of aromatic nitrogens is 2. The second-order valence-electron chi connectivity index (χ2n) is 2.86. The summed E-state index contributed by atoms with van der Waals surface area (Å²) in [5.41, 5.74) is 0.